The number of unbranched alkanes of at least 4 members (excludes halogenated alkanes) is 7. The fraction of sp³-hybridized carbons (Fsp3) is 0.590. The summed E-state index contributed by atoms with van der Waals surface area (Å²) in [5.41, 5.74) is 3.64. The molecule has 0 aromatic heterocycles. The molecule has 0 heterocycles. The van der Waals surface area contributed by atoms with E-state index in [1.807, 2.05) is 0 Å². The minimum atomic E-state index is -0.335. The van der Waals surface area contributed by atoms with Crippen LogP contribution in [0.4, 0.5) is 0 Å². The number of esters is 1. The third-order valence-corrected chi connectivity index (χ3v) is 9.16. The van der Waals surface area contributed by atoms with Crippen LogP contribution in [0.1, 0.15) is 134 Å². The van der Waals surface area contributed by atoms with Crippen LogP contribution >= 0.6 is 0 Å². The lowest BCUT2D eigenvalue weighted by Gasteiger charge is -2.36. The van der Waals surface area contributed by atoms with Crippen LogP contribution in [0.3, 0.4) is 0 Å². The van der Waals surface area contributed by atoms with Crippen LogP contribution in [0, 0.1) is 16.7 Å². The van der Waals surface area contributed by atoms with Crippen LogP contribution in [0.2, 0.25) is 0 Å². The van der Waals surface area contributed by atoms with Crippen molar-refractivity contribution >= 4 is 5.97 Å². The first kappa shape index (κ1) is 34.4. The van der Waals surface area contributed by atoms with Crippen molar-refractivity contribution in [1.29, 1.82) is 5.26 Å². The first-order valence-corrected chi connectivity index (χ1v) is 17.1. The molecule has 0 aliphatic heterocycles. The molecule has 1 fully saturated rings. The first-order valence-electron chi connectivity index (χ1n) is 17.1. The first-order chi connectivity index (χ1) is 21.0. The number of benzene rings is 2. The van der Waals surface area contributed by atoms with Gasteiger partial charge in [-0.3, -0.25) is 0 Å². The van der Waals surface area contributed by atoms with Gasteiger partial charge in [0.15, 0.2) is 0 Å². The van der Waals surface area contributed by atoms with Crippen LogP contribution in [0.15, 0.2) is 61.2 Å². The van der Waals surface area contributed by atoms with Gasteiger partial charge >= 0.3 is 5.97 Å². The van der Waals surface area contributed by atoms with Crippen LogP contribution in [0.25, 0.3) is 11.1 Å². The fourth-order valence-electron chi connectivity index (χ4n) is 6.59. The van der Waals surface area contributed by atoms with Crippen molar-refractivity contribution in [3.05, 3.63) is 66.7 Å². The second-order valence-electron chi connectivity index (χ2n) is 12.6. The maximum Gasteiger partial charge on any atom is 0.330 e. The van der Waals surface area contributed by atoms with Gasteiger partial charge in [0.25, 0.3) is 0 Å². The summed E-state index contributed by atoms with van der Waals surface area (Å²) in [6, 6.07) is 20.4. The Balaban J connectivity index is 1.44. The van der Waals surface area contributed by atoms with Gasteiger partial charge in [0.2, 0.25) is 0 Å². The summed E-state index contributed by atoms with van der Waals surface area (Å²) in [6.07, 6.45) is 20.6. The lowest BCUT2D eigenvalue weighted by atomic mass is 9.66. The zero-order valence-corrected chi connectivity index (χ0v) is 27.0. The van der Waals surface area contributed by atoms with E-state index in [4.69, 9.17) is 9.47 Å². The van der Waals surface area contributed by atoms with E-state index in [1.165, 1.54) is 67.7 Å². The van der Waals surface area contributed by atoms with Gasteiger partial charge in [0, 0.05) is 6.08 Å². The number of hydrogen-bond donors (Lipinski definition) is 0. The average molecular weight is 586 g/mol. The quantitative estimate of drug-likeness (QED) is 0.0881. The molecule has 2 aromatic rings. The Morgan fingerprint density at radius 2 is 1.58 bits per heavy atom. The summed E-state index contributed by atoms with van der Waals surface area (Å²) in [5, 5.41) is 10.2. The van der Waals surface area contributed by atoms with E-state index < -0.39 is 0 Å². The standard InChI is InChI=1S/C39H55NO3/c1-4-7-18-36(16-5-2)43-37-25-23-33(24-26-37)32-19-21-34(22-20-32)35-17-15-28-39(30-35,31-40)27-13-11-9-8-10-12-14-29-42-38(41)6-3/h6,19-26,35-36H,3-5,7-18,27-30H2,1-2H3. The number of rotatable bonds is 20. The average Bonchev–Trinajstić information content (AvgIpc) is 3.05. The van der Waals surface area contributed by atoms with Crippen molar-refractivity contribution in [2.75, 3.05) is 6.61 Å². The van der Waals surface area contributed by atoms with Crippen molar-refractivity contribution in [2.24, 2.45) is 5.41 Å². The largest absolute Gasteiger partial charge is 0.490 e. The highest BCUT2D eigenvalue weighted by Gasteiger charge is 2.36. The van der Waals surface area contributed by atoms with Crippen LogP contribution in [-0.2, 0) is 9.53 Å². The molecule has 3 unspecified atom stereocenters. The zero-order valence-electron chi connectivity index (χ0n) is 27.0. The van der Waals surface area contributed by atoms with E-state index >= 15 is 0 Å². The predicted octanol–water partition coefficient (Wildman–Crippen LogP) is 11.1. The summed E-state index contributed by atoms with van der Waals surface area (Å²) < 4.78 is 11.3. The van der Waals surface area contributed by atoms with Gasteiger partial charge in [-0.25, -0.2) is 4.79 Å². The Kier molecular flexibility index (Phi) is 15.4. The third kappa shape index (κ3) is 11.9. The molecule has 1 aliphatic rings. The molecule has 43 heavy (non-hydrogen) atoms. The van der Waals surface area contributed by atoms with Gasteiger partial charge in [-0.05, 0) is 79.7 Å². The van der Waals surface area contributed by atoms with E-state index in [2.05, 4.69) is 75.0 Å². The second kappa shape index (κ2) is 19.3. The number of hydrogen-bond acceptors (Lipinski definition) is 4. The molecule has 3 atom stereocenters. The molecule has 2 aromatic carbocycles. The van der Waals surface area contributed by atoms with Crippen molar-refractivity contribution in [1.82, 2.24) is 0 Å². The van der Waals surface area contributed by atoms with E-state index in [0.717, 1.165) is 70.0 Å². The number of nitriles is 1. The van der Waals surface area contributed by atoms with E-state index in [1.54, 1.807) is 0 Å². The molecule has 0 amide bonds. The van der Waals surface area contributed by atoms with Gasteiger partial charge in [-0.15, -0.1) is 0 Å². The Hall–Kier alpha value is -3.06. The Morgan fingerprint density at radius 3 is 2.21 bits per heavy atom. The lowest BCUT2D eigenvalue weighted by molar-refractivity contribution is -0.137. The molecule has 234 valence electrons. The highest BCUT2D eigenvalue weighted by molar-refractivity contribution is 5.81. The van der Waals surface area contributed by atoms with Gasteiger partial charge in [0.05, 0.1) is 24.2 Å². The Morgan fingerprint density at radius 1 is 0.930 bits per heavy atom. The number of ether oxygens (including phenoxy) is 2. The van der Waals surface area contributed by atoms with Crippen molar-refractivity contribution in [3.63, 3.8) is 0 Å². The minimum absolute atomic E-state index is 0.181. The summed E-state index contributed by atoms with van der Waals surface area (Å²) in [4.78, 5) is 11.1. The molecule has 0 radical (unpaired) electrons. The predicted molar refractivity (Wildman–Crippen MR) is 178 cm³/mol. The maximum atomic E-state index is 11.1. The SMILES string of the molecule is C=CC(=O)OCCCCCCCCCC1(C#N)CCCC(c2ccc(-c3ccc(OC(CCC)CCCC)cc3)cc2)C1. The topological polar surface area (TPSA) is 59.3 Å². The van der Waals surface area contributed by atoms with Gasteiger partial charge in [-0.1, -0.05) is 121 Å². The number of carbonyl (C=O) groups excluding carboxylic acids is 1. The second-order valence-corrected chi connectivity index (χ2v) is 12.6. The Labute approximate surface area is 261 Å². The van der Waals surface area contributed by atoms with Crippen LogP contribution in [-0.4, -0.2) is 18.7 Å². The lowest BCUT2D eigenvalue weighted by Crippen LogP contribution is -2.26. The molecule has 4 nitrogen and oxygen atoms in total. The maximum absolute atomic E-state index is 11.1. The molecular weight excluding hydrogens is 530 g/mol. The number of carbonyl (C=O) groups is 1. The molecule has 3 rings (SSSR count). The van der Waals surface area contributed by atoms with Gasteiger partial charge in [0.1, 0.15) is 5.75 Å². The smallest absolute Gasteiger partial charge is 0.330 e. The van der Waals surface area contributed by atoms with E-state index in [0.29, 0.717) is 18.6 Å². The fourth-order valence-corrected chi connectivity index (χ4v) is 6.59. The molecule has 0 spiro atoms. The molecule has 1 aliphatic carbocycles. The molecule has 0 N–H and O–H groups in total. The van der Waals surface area contributed by atoms with Crippen molar-refractivity contribution < 1.29 is 14.3 Å². The number of nitrogens with zero attached hydrogens (tertiary/aromatic N) is 1. The third-order valence-electron chi connectivity index (χ3n) is 9.16. The van der Waals surface area contributed by atoms with Crippen molar-refractivity contribution in [2.45, 2.75) is 135 Å². The monoisotopic (exact) mass is 585 g/mol. The van der Waals surface area contributed by atoms with E-state index in [9.17, 15) is 10.1 Å². The molecular formula is C39H55NO3. The Bertz CT molecular complexity index is 1120. The highest BCUT2D eigenvalue weighted by atomic mass is 16.5. The molecule has 4 heteroatoms. The summed E-state index contributed by atoms with van der Waals surface area (Å²) in [6.45, 7) is 8.36. The highest BCUT2D eigenvalue weighted by Crippen LogP contribution is 2.47. The summed E-state index contributed by atoms with van der Waals surface area (Å²) >= 11 is 0. The molecule has 0 bridgehead atoms. The normalized spacial score (nSPS) is 18.9. The van der Waals surface area contributed by atoms with Gasteiger partial charge < -0.3 is 9.47 Å². The van der Waals surface area contributed by atoms with E-state index in [-0.39, 0.29) is 11.4 Å². The summed E-state index contributed by atoms with van der Waals surface area (Å²) in [7, 11) is 0. The van der Waals surface area contributed by atoms with Crippen molar-refractivity contribution in [3.8, 4) is 22.9 Å². The van der Waals surface area contributed by atoms with Crippen LogP contribution < -0.4 is 4.74 Å². The minimum Gasteiger partial charge on any atom is -0.490 e. The molecule has 1 saturated carbocycles. The van der Waals surface area contributed by atoms with Gasteiger partial charge in [-0.2, -0.15) is 5.26 Å². The molecule has 0 saturated heterocycles. The summed E-state index contributed by atoms with van der Waals surface area (Å²) in [5.74, 6) is 1.10. The van der Waals surface area contributed by atoms with Crippen LogP contribution in [0.5, 0.6) is 5.75 Å². The zero-order chi connectivity index (χ0) is 30.8.